The Morgan fingerprint density at radius 1 is 1.73 bits per heavy atom. The van der Waals surface area contributed by atoms with Gasteiger partial charge >= 0.3 is 22.5 Å². The molecule has 1 aromatic heterocycles. The van der Waals surface area contributed by atoms with Crippen LogP contribution in [0.15, 0.2) is 18.5 Å². The van der Waals surface area contributed by atoms with Crippen LogP contribution in [-0.2, 0) is 11.2 Å². The van der Waals surface area contributed by atoms with Crippen molar-refractivity contribution < 1.29 is 9.53 Å². The van der Waals surface area contributed by atoms with Gasteiger partial charge in [-0.2, -0.15) is 0 Å². The fourth-order valence-corrected chi connectivity index (χ4v) is 1.91. The molecule has 0 saturated heterocycles. The first-order valence-corrected chi connectivity index (χ1v) is 5.77. The summed E-state index contributed by atoms with van der Waals surface area (Å²) in [6.45, 7) is 7.92. The third-order valence-corrected chi connectivity index (χ3v) is 2.63. The van der Waals surface area contributed by atoms with E-state index >= 15 is 0 Å². The van der Waals surface area contributed by atoms with E-state index in [4.69, 9.17) is 4.74 Å². The highest BCUT2D eigenvalue weighted by Gasteiger charge is 2.16. The molecule has 4 nitrogen and oxygen atoms in total. The van der Waals surface area contributed by atoms with Crippen molar-refractivity contribution in [3.05, 3.63) is 29.9 Å². The first kappa shape index (κ1) is 12.0. The fraction of sp³-hybridized carbons (Fsp3) is 0.400. The predicted octanol–water partition coefficient (Wildman–Crippen LogP) is 0.575. The number of aromatic nitrogens is 2. The lowest BCUT2D eigenvalue weighted by atomic mass is 10.1. The van der Waals surface area contributed by atoms with Gasteiger partial charge in [0.25, 0.3) is 0 Å². The van der Waals surface area contributed by atoms with E-state index in [2.05, 4.69) is 11.6 Å². The van der Waals surface area contributed by atoms with Crippen molar-refractivity contribution in [1.82, 2.24) is 8.53 Å². The maximum atomic E-state index is 11.6. The summed E-state index contributed by atoms with van der Waals surface area (Å²) in [7, 11) is 0. The van der Waals surface area contributed by atoms with Crippen LogP contribution in [0.3, 0.4) is 0 Å². The van der Waals surface area contributed by atoms with Gasteiger partial charge in [0.05, 0.1) is 18.6 Å². The van der Waals surface area contributed by atoms with Crippen molar-refractivity contribution in [1.29, 1.82) is 0 Å². The SMILES string of the molecule is C=C(C)Cc1nc[n]([AlH2])c1C(=O)OCC. The maximum absolute atomic E-state index is 11.6. The Morgan fingerprint density at radius 3 is 2.93 bits per heavy atom. The van der Waals surface area contributed by atoms with Crippen LogP contribution in [0.5, 0.6) is 0 Å². The Balaban J connectivity index is 2.98. The molecule has 0 unspecified atom stereocenters. The van der Waals surface area contributed by atoms with Crippen LogP contribution in [-0.4, -0.2) is 37.6 Å². The normalized spacial score (nSPS) is 10.0. The lowest BCUT2D eigenvalue weighted by molar-refractivity contribution is 0.0517. The topological polar surface area (TPSA) is 44.1 Å². The maximum Gasteiger partial charge on any atom is 0.372 e. The van der Waals surface area contributed by atoms with E-state index in [-0.39, 0.29) is 5.97 Å². The van der Waals surface area contributed by atoms with Crippen molar-refractivity contribution >= 4 is 22.5 Å². The zero-order valence-corrected chi connectivity index (χ0v) is 11.4. The molecule has 0 N–H and O–H groups in total. The zero-order valence-electron chi connectivity index (χ0n) is 9.41. The van der Waals surface area contributed by atoms with Gasteiger partial charge in [-0.05, 0) is 13.8 Å². The average Bonchev–Trinajstić information content (AvgIpc) is 2.46. The summed E-state index contributed by atoms with van der Waals surface area (Å²) in [6.07, 6.45) is 2.31. The molecule has 0 radical (unpaired) electrons. The number of nitrogens with zero attached hydrogens (tertiary/aromatic N) is 2. The molecule has 0 amide bonds. The van der Waals surface area contributed by atoms with Crippen LogP contribution in [0.25, 0.3) is 0 Å². The molecule has 0 aliphatic carbocycles. The second-order valence-corrected chi connectivity index (χ2v) is 4.47. The van der Waals surface area contributed by atoms with E-state index in [9.17, 15) is 4.79 Å². The van der Waals surface area contributed by atoms with E-state index in [0.717, 1.165) is 27.8 Å². The second-order valence-electron chi connectivity index (χ2n) is 3.51. The van der Waals surface area contributed by atoms with Gasteiger partial charge in [0.15, 0.2) is 0 Å². The van der Waals surface area contributed by atoms with E-state index < -0.39 is 0 Å². The van der Waals surface area contributed by atoms with Gasteiger partial charge in [0, 0.05) is 6.42 Å². The highest BCUT2D eigenvalue weighted by atomic mass is 27.1. The molecule has 1 heterocycles. The smallest absolute Gasteiger partial charge is 0.372 e. The minimum atomic E-state index is -0.291. The summed E-state index contributed by atoms with van der Waals surface area (Å²) in [5, 5.41) is 0. The highest BCUT2D eigenvalue weighted by Crippen LogP contribution is 2.11. The van der Waals surface area contributed by atoms with Crippen molar-refractivity contribution in [2.75, 3.05) is 6.61 Å². The number of carbonyl (C=O) groups is 1. The molecular weight excluding hydrogens is 207 g/mol. The molecule has 0 fully saturated rings. The third kappa shape index (κ3) is 2.95. The van der Waals surface area contributed by atoms with E-state index in [0.29, 0.717) is 18.7 Å². The fourth-order valence-electron chi connectivity index (χ4n) is 1.36. The standard InChI is InChI=1S/C10H14N2O2.Al.2H/c1-4-14-10(13)9-8(5-7(2)3)11-6-12-9;;;/h6H,2,4-5H2,1,3H3,(H,11,12,13);;;/q;+1;;/p-1. The molecule has 0 bridgehead atoms. The molecule has 1 rings (SSSR count). The summed E-state index contributed by atoms with van der Waals surface area (Å²) >= 11 is 0.725. The lowest BCUT2D eigenvalue weighted by Gasteiger charge is -2.05. The Morgan fingerprint density at radius 2 is 2.40 bits per heavy atom. The molecule has 0 aliphatic rings. The molecule has 5 heteroatoms. The van der Waals surface area contributed by atoms with Crippen molar-refractivity contribution in [2.45, 2.75) is 20.3 Å². The molecular formula is C10H15AlN2O2. The summed E-state index contributed by atoms with van der Waals surface area (Å²) in [5.74, 6) is -0.291. The number of hydrogen-bond donors (Lipinski definition) is 0. The van der Waals surface area contributed by atoms with E-state index in [1.54, 1.807) is 13.3 Å². The molecule has 0 atom stereocenters. The number of allylic oxidation sites excluding steroid dienone is 1. The van der Waals surface area contributed by atoms with Crippen LogP contribution < -0.4 is 0 Å². The predicted molar refractivity (Wildman–Crippen MR) is 60.6 cm³/mol. The van der Waals surface area contributed by atoms with Gasteiger partial charge < -0.3 is 8.29 Å². The number of esters is 1. The summed E-state index contributed by atoms with van der Waals surface area (Å²) in [4.78, 5) is 15.8. The molecule has 80 valence electrons. The Hall–Kier alpha value is -1.05. The minimum absolute atomic E-state index is 0.291. The summed E-state index contributed by atoms with van der Waals surface area (Å²) in [6, 6.07) is 0. The molecule has 1 aromatic rings. The van der Waals surface area contributed by atoms with Gasteiger partial charge in [-0.3, -0.25) is 0 Å². The second kappa shape index (κ2) is 5.15. The number of carbonyl (C=O) groups excluding carboxylic acids is 1. The molecule has 15 heavy (non-hydrogen) atoms. The first-order chi connectivity index (χ1) is 7.06. The van der Waals surface area contributed by atoms with Crippen molar-refractivity contribution in [3.8, 4) is 0 Å². The average molecular weight is 222 g/mol. The van der Waals surface area contributed by atoms with Crippen LogP contribution in [0.4, 0.5) is 0 Å². The van der Waals surface area contributed by atoms with Crippen LogP contribution >= 0.6 is 0 Å². The highest BCUT2D eigenvalue weighted by molar-refractivity contribution is 6.10. The minimum Gasteiger partial charge on any atom is -0.461 e. The van der Waals surface area contributed by atoms with Gasteiger partial charge in [0.1, 0.15) is 5.69 Å². The van der Waals surface area contributed by atoms with Crippen LogP contribution in [0, 0.1) is 0 Å². The van der Waals surface area contributed by atoms with E-state index in [1.807, 2.05) is 10.5 Å². The number of hydrogen-bond acceptors (Lipinski definition) is 3. The monoisotopic (exact) mass is 222 g/mol. The van der Waals surface area contributed by atoms with Crippen LogP contribution in [0.1, 0.15) is 30.0 Å². The number of imidazole rings is 1. The first-order valence-electron chi connectivity index (χ1n) is 4.88. The Bertz CT molecular complexity index is 385. The molecule has 0 spiro atoms. The molecule has 0 saturated carbocycles. The molecule has 0 aromatic carbocycles. The van der Waals surface area contributed by atoms with Gasteiger partial charge in [-0.25, -0.2) is 9.78 Å². The number of ether oxygens (including phenoxy) is 1. The van der Waals surface area contributed by atoms with Crippen LogP contribution in [0.2, 0.25) is 0 Å². The van der Waals surface area contributed by atoms with Gasteiger partial charge in [-0.1, -0.05) is 12.2 Å². The lowest BCUT2D eigenvalue weighted by Crippen LogP contribution is -2.13. The summed E-state index contributed by atoms with van der Waals surface area (Å²) in [5.41, 5.74) is 2.32. The van der Waals surface area contributed by atoms with E-state index in [1.165, 1.54) is 0 Å². The quantitative estimate of drug-likeness (QED) is 0.425. The zero-order chi connectivity index (χ0) is 11.4. The van der Waals surface area contributed by atoms with Gasteiger partial charge in [-0.15, -0.1) is 0 Å². The third-order valence-electron chi connectivity index (χ3n) is 1.95. The molecule has 0 aliphatic heterocycles. The van der Waals surface area contributed by atoms with Gasteiger partial charge in [0.2, 0.25) is 0 Å². The summed E-state index contributed by atoms with van der Waals surface area (Å²) < 4.78 is 6.80. The van der Waals surface area contributed by atoms with Crippen molar-refractivity contribution in [3.63, 3.8) is 0 Å². The van der Waals surface area contributed by atoms with Crippen molar-refractivity contribution in [2.24, 2.45) is 0 Å². The Kier molecular flexibility index (Phi) is 4.13. The largest absolute Gasteiger partial charge is 0.461 e. The Labute approximate surface area is 97.6 Å². The number of rotatable bonds is 4.